The van der Waals surface area contributed by atoms with Gasteiger partial charge in [-0.15, -0.1) is 0 Å². The van der Waals surface area contributed by atoms with E-state index < -0.39 is 0 Å². The molecule has 0 amide bonds. The first-order chi connectivity index (χ1) is 10.8. The second kappa shape index (κ2) is 5.19. The molecule has 0 aromatic heterocycles. The molecular weight excluding hydrogens is 288 g/mol. The summed E-state index contributed by atoms with van der Waals surface area (Å²) in [5.74, 6) is 2.48. The quantitative estimate of drug-likeness (QED) is 0.733. The molecule has 3 heteroatoms. The summed E-state index contributed by atoms with van der Waals surface area (Å²) in [5, 5.41) is 10.6. The highest BCUT2D eigenvalue weighted by Gasteiger charge is 2.61. The van der Waals surface area contributed by atoms with Crippen LogP contribution in [0.4, 0.5) is 0 Å². The molecule has 3 saturated carbocycles. The smallest absolute Gasteiger partial charge is 0.169 e. The Balaban J connectivity index is 1.68. The maximum absolute atomic E-state index is 10.6. The van der Waals surface area contributed by atoms with E-state index in [1.54, 1.807) is 0 Å². The monoisotopic (exact) mass is 322 g/mol. The fourth-order valence-corrected chi connectivity index (χ4v) is 7.13. The summed E-state index contributed by atoms with van der Waals surface area (Å²) < 4.78 is 12.3. The number of aliphatic hydroxyl groups excluding tert-OH is 1. The van der Waals surface area contributed by atoms with Gasteiger partial charge in [-0.1, -0.05) is 27.7 Å². The Bertz CT molecular complexity index is 468. The van der Waals surface area contributed by atoms with Crippen molar-refractivity contribution >= 4 is 0 Å². The normalized spacial score (nSPS) is 51.3. The third-order valence-corrected chi connectivity index (χ3v) is 8.37. The molecule has 0 radical (unpaired) electrons. The third-order valence-electron chi connectivity index (χ3n) is 8.37. The van der Waals surface area contributed by atoms with Crippen molar-refractivity contribution in [1.82, 2.24) is 0 Å². The van der Waals surface area contributed by atoms with Gasteiger partial charge in [-0.2, -0.15) is 0 Å². The predicted molar refractivity (Wildman–Crippen MR) is 89.9 cm³/mol. The summed E-state index contributed by atoms with van der Waals surface area (Å²) in [4.78, 5) is 0. The van der Waals surface area contributed by atoms with Gasteiger partial charge in [-0.3, -0.25) is 0 Å². The summed E-state index contributed by atoms with van der Waals surface area (Å²) in [6.07, 6.45) is 6.70. The summed E-state index contributed by atoms with van der Waals surface area (Å²) in [5.41, 5.74) is 0.353. The predicted octanol–water partition coefficient (Wildman–Crippen LogP) is 3.99. The molecule has 6 atom stereocenters. The van der Waals surface area contributed by atoms with Crippen LogP contribution in [0.1, 0.15) is 66.2 Å². The minimum Gasteiger partial charge on any atom is -0.393 e. The topological polar surface area (TPSA) is 38.7 Å². The van der Waals surface area contributed by atoms with E-state index in [1.165, 1.54) is 12.8 Å². The van der Waals surface area contributed by atoms with Gasteiger partial charge < -0.3 is 14.6 Å². The molecule has 1 aliphatic heterocycles. The molecule has 3 aliphatic carbocycles. The molecule has 0 unspecified atom stereocenters. The van der Waals surface area contributed by atoms with Crippen molar-refractivity contribution in [2.24, 2.45) is 34.5 Å². The number of rotatable bonds is 0. The van der Waals surface area contributed by atoms with Crippen LogP contribution in [0.25, 0.3) is 0 Å². The molecular formula is C20H34O3. The van der Waals surface area contributed by atoms with E-state index >= 15 is 0 Å². The SMILES string of the molecule is C[C@@H]1CC2(C[C@@H]3[C@@H]1CC[C@@H]1C(C)(C)[C@H](O)CC[C@@]31C)OCCO2. The van der Waals surface area contributed by atoms with Gasteiger partial charge in [0, 0.05) is 12.8 Å². The van der Waals surface area contributed by atoms with E-state index in [2.05, 4.69) is 27.7 Å². The minimum atomic E-state index is -0.300. The molecule has 1 saturated heterocycles. The van der Waals surface area contributed by atoms with Gasteiger partial charge in [-0.25, -0.2) is 0 Å². The molecule has 23 heavy (non-hydrogen) atoms. The minimum absolute atomic E-state index is 0.0310. The Labute approximate surface area is 141 Å². The van der Waals surface area contributed by atoms with Gasteiger partial charge in [0.25, 0.3) is 0 Å². The van der Waals surface area contributed by atoms with Crippen LogP contribution in [0.5, 0.6) is 0 Å². The van der Waals surface area contributed by atoms with Crippen LogP contribution in [0.2, 0.25) is 0 Å². The van der Waals surface area contributed by atoms with Crippen molar-refractivity contribution in [3.05, 3.63) is 0 Å². The molecule has 4 aliphatic rings. The summed E-state index contributed by atoms with van der Waals surface area (Å²) in [7, 11) is 0. The van der Waals surface area contributed by atoms with Gasteiger partial charge in [0.15, 0.2) is 5.79 Å². The van der Waals surface area contributed by atoms with Gasteiger partial charge in [0.1, 0.15) is 0 Å². The molecule has 0 bridgehead atoms. The van der Waals surface area contributed by atoms with Crippen LogP contribution in [0.3, 0.4) is 0 Å². The van der Waals surface area contributed by atoms with E-state index in [4.69, 9.17) is 9.47 Å². The van der Waals surface area contributed by atoms with Crippen LogP contribution in [0, 0.1) is 34.5 Å². The van der Waals surface area contributed by atoms with Crippen molar-refractivity contribution in [3.63, 3.8) is 0 Å². The highest BCUT2D eigenvalue weighted by Crippen LogP contribution is 2.65. The van der Waals surface area contributed by atoms with Crippen molar-refractivity contribution in [1.29, 1.82) is 0 Å². The standard InChI is InChI=1S/C20H34O3/c1-13-11-20(22-9-10-23-20)12-15-14(13)5-6-16-18(2,3)17(21)7-8-19(15,16)4/h13-17,21H,5-12H2,1-4H3/t13-,14-,15-,16-,17-,19+/m1/s1. The van der Waals surface area contributed by atoms with Crippen LogP contribution >= 0.6 is 0 Å². The number of hydrogen-bond donors (Lipinski definition) is 1. The lowest BCUT2D eigenvalue weighted by atomic mass is 9.43. The number of fused-ring (bicyclic) bond motifs is 3. The van der Waals surface area contributed by atoms with Crippen LogP contribution in [-0.4, -0.2) is 30.2 Å². The van der Waals surface area contributed by atoms with E-state index in [-0.39, 0.29) is 17.3 Å². The number of ether oxygens (including phenoxy) is 2. The highest BCUT2D eigenvalue weighted by molar-refractivity contribution is 5.09. The van der Waals surface area contributed by atoms with E-state index in [0.29, 0.717) is 23.2 Å². The van der Waals surface area contributed by atoms with E-state index in [1.807, 2.05) is 0 Å². The van der Waals surface area contributed by atoms with Crippen molar-refractivity contribution < 1.29 is 14.6 Å². The Hall–Kier alpha value is -0.120. The Kier molecular flexibility index (Phi) is 3.69. The Morgan fingerprint density at radius 2 is 1.65 bits per heavy atom. The Morgan fingerprint density at radius 1 is 0.957 bits per heavy atom. The summed E-state index contributed by atoms with van der Waals surface area (Å²) in [6, 6.07) is 0. The molecule has 1 heterocycles. The van der Waals surface area contributed by atoms with Gasteiger partial charge >= 0.3 is 0 Å². The van der Waals surface area contributed by atoms with E-state index in [9.17, 15) is 5.11 Å². The van der Waals surface area contributed by atoms with Crippen LogP contribution < -0.4 is 0 Å². The number of aliphatic hydroxyl groups is 1. The zero-order valence-corrected chi connectivity index (χ0v) is 15.3. The maximum atomic E-state index is 10.6. The lowest BCUT2D eigenvalue weighted by molar-refractivity contribution is -0.246. The second-order valence-electron chi connectivity index (χ2n) is 9.78. The fourth-order valence-electron chi connectivity index (χ4n) is 7.13. The lowest BCUT2D eigenvalue weighted by Gasteiger charge is -2.64. The second-order valence-corrected chi connectivity index (χ2v) is 9.78. The largest absolute Gasteiger partial charge is 0.393 e. The highest BCUT2D eigenvalue weighted by atomic mass is 16.7. The first kappa shape index (κ1) is 16.4. The van der Waals surface area contributed by atoms with Crippen molar-refractivity contribution in [2.45, 2.75) is 78.1 Å². The summed E-state index contributed by atoms with van der Waals surface area (Å²) >= 11 is 0. The maximum Gasteiger partial charge on any atom is 0.169 e. The Morgan fingerprint density at radius 3 is 2.35 bits per heavy atom. The third kappa shape index (κ3) is 2.26. The van der Waals surface area contributed by atoms with Gasteiger partial charge in [0.2, 0.25) is 0 Å². The van der Waals surface area contributed by atoms with Crippen molar-refractivity contribution in [3.8, 4) is 0 Å². The molecule has 0 aromatic carbocycles. The molecule has 3 nitrogen and oxygen atoms in total. The average Bonchev–Trinajstić information content (AvgIpc) is 2.92. The zero-order chi connectivity index (χ0) is 16.5. The molecule has 0 aromatic rings. The zero-order valence-electron chi connectivity index (χ0n) is 15.3. The van der Waals surface area contributed by atoms with Crippen LogP contribution in [0.15, 0.2) is 0 Å². The molecule has 4 fully saturated rings. The fraction of sp³-hybridized carbons (Fsp3) is 1.00. The van der Waals surface area contributed by atoms with Crippen LogP contribution in [-0.2, 0) is 9.47 Å². The van der Waals surface area contributed by atoms with Gasteiger partial charge in [-0.05, 0) is 60.2 Å². The molecule has 4 rings (SSSR count). The average molecular weight is 322 g/mol. The summed E-state index contributed by atoms with van der Waals surface area (Å²) in [6.45, 7) is 11.0. The lowest BCUT2D eigenvalue weighted by Crippen LogP contribution is -2.60. The molecule has 1 N–H and O–H groups in total. The van der Waals surface area contributed by atoms with E-state index in [0.717, 1.165) is 44.8 Å². The van der Waals surface area contributed by atoms with Crippen molar-refractivity contribution in [2.75, 3.05) is 13.2 Å². The first-order valence-corrected chi connectivity index (χ1v) is 9.74. The first-order valence-electron chi connectivity index (χ1n) is 9.74. The van der Waals surface area contributed by atoms with Gasteiger partial charge in [0.05, 0.1) is 19.3 Å². The molecule has 132 valence electrons. The molecule has 1 spiro atoms. The number of hydrogen-bond acceptors (Lipinski definition) is 3.